The number of nitrogens with two attached hydrogens (primary N) is 1. The van der Waals surface area contributed by atoms with Crippen LogP contribution >= 0.6 is 11.3 Å². The molecule has 0 aliphatic heterocycles. The minimum Gasteiger partial charge on any atom is -0.382 e. The van der Waals surface area contributed by atoms with Crippen molar-refractivity contribution in [2.75, 3.05) is 5.73 Å². The molecule has 1 aromatic carbocycles. The lowest BCUT2D eigenvalue weighted by Crippen LogP contribution is -2.04. The van der Waals surface area contributed by atoms with Gasteiger partial charge in [0, 0.05) is 11.8 Å². The van der Waals surface area contributed by atoms with Gasteiger partial charge in [-0.25, -0.2) is 4.98 Å². The van der Waals surface area contributed by atoms with E-state index in [9.17, 15) is 4.79 Å². The fourth-order valence-corrected chi connectivity index (χ4v) is 2.75. The molecule has 2 heterocycles. The number of aromatic nitrogens is 2. The third-order valence-corrected chi connectivity index (χ3v) is 3.90. The standard InChI is InChI=1S/C15H11N3OS/c16-14-13(12(19)11-8-4-5-9-17-11)20-15(18-14)10-6-2-1-3-7-10/h1-9H,16H2. The molecular formula is C15H11N3OS. The van der Waals surface area contributed by atoms with E-state index in [1.807, 2.05) is 30.3 Å². The van der Waals surface area contributed by atoms with Gasteiger partial charge in [-0.3, -0.25) is 9.78 Å². The number of thiazole rings is 1. The third-order valence-electron chi connectivity index (χ3n) is 2.78. The van der Waals surface area contributed by atoms with Crippen LogP contribution in [0.3, 0.4) is 0 Å². The topological polar surface area (TPSA) is 68.9 Å². The third kappa shape index (κ3) is 2.31. The minimum absolute atomic E-state index is 0.192. The normalized spacial score (nSPS) is 10.4. The van der Waals surface area contributed by atoms with Gasteiger partial charge in [-0.05, 0) is 12.1 Å². The number of nitrogens with zero attached hydrogens (tertiary/aromatic N) is 2. The zero-order valence-electron chi connectivity index (χ0n) is 10.5. The number of hydrogen-bond acceptors (Lipinski definition) is 5. The van der Waals surface area contributed by atoms with Gasteiger partial charge in [0.2, 0.25) is 5.78 Å². The van der Waals surface area contributed by atoms with Crippen molar-refractivity contribution in [3.63, 3.8) is 0 Å². The van der Waals surface area contributed by atoms with Crippen molar-refractivity contribution in [1.29, 1.82) is 0 Å². The number of anilines is 1. The van der Waals surface area contributed by atoms with Crippen LogP contribution < -0.4 is 5.73 Å². The predicted octanol–water partition coefficient (Wildman–Crippen LogP) is 3.02. The molecule has 3 rings (SSSR count). The molecule has 5 heteroatoms. The molecule has 0 atom stereocenters. The molecule has 3 aromatic rings. The molecule has 2 N–H and O–H groups in total. The summed E-state index contributed by atoms with van der Waals surface area (Å²) in [4.78, 5) is 21.1. The van der Waals surface area contributed by atoms with Crippen LogP contribution in [0, 0.1) is 0 Å². The summed E-state index contributed by atoms with van der Waals surface area (Å²) in [5, 5.41) is 0.738. The summed E-state index contributed by atoms with van der Waals surface area (Å²) < 4.78 is 0. The number of pyridine rings is 1. The molecule has 0 aliphatic carbocycles. The maximum Gasteiger partial charge on any atom is 0.225 e. The van der Waals surface area contributed by atoms with E-state index >= 15 is 0 Å². The largest absolute Gasteiger partial charge is 0.382 e. The monoisotopic (exact) mass is 281 g/mol. The Kier molecular flexibility index (Phi) is 3.26. The average molecular weight is 281 g/mol. The van der Waals surface area contributed by atoms with Gasteiger partial charge in [0.1, 0.15) is 21.4 Å². The van der Waals surface area contributed by atoms with E-state index < -0.39 is 0 Å². The molecule has 0 amide bonds. The summed E-state index contributed by atoms with van der Waals surface area (Å²) in [7, 11) is 0. The van der Waals surface area contributed by atoms with Crippen molar-refractivity contribution in [2.24, 2.45) is 0 Å². The summed E-state index contributed by atoms with van der Waals surface area (Å²) in [6.07, 6.45) is 1.59. The summed E-state index contributed by atoms with van der Waals surface area (Å²) >= 11 is 1.29. The van der Waals surface area contributed by atoms with Gasteiger partial charge in [-0.1, -0.05) is 36.4 Å². The molecule has 20 heavy (non-hydrogen) atoms. The number of hydrogen-bond donors (Lipinski definition) is 1. The first kappa shape index (κ1) is 12.5. The Morgan fingerprint density at radius 3 is 2.50 bits per heavy atom. The Labute approximate surface area is 119 Å². The van der Waals surface area contributed by atoms with E-state index in [0.29, 0.717) is 10.6 Å². The van der Waals surface area contributed by atoms with E-state index in [1.165, 1.54) is 11.3 Å². The lowest BCUT2D eigenvalue weighted by molar-refractivity contribution is 0.103. The second-order valence-corrected chi connectivity index (χ2v) is 5.14. The molecule has 0 radical (unpaired) electrons. The zero-order chi connectivity index (χ0) is 13.9. The Morgan fingerprint density at radius 2 is 1.80 bits per heavy atom. The van der Waals surface area contributed by atoms with Gasteiger partial charge >= 0.3 is 0 Å². The highest BCUT2D eigenvalue weighted by atomic mass is 32.1. The van der Waals surface area contributed by atoms with Crippen LogP contribution in [0.5, 0.6) is 0 Å². The van der Waals surface area contributed by atoms with Crippen molar-refractivity contribution in [1.82, 2.24) is 9.97 Å². The van der Waals surface area contributed by atoms with Crippen LogP contribution in [0.25, 0.3) is 10.6 Å². The predicted molar refractivity (Wildman–Crippen MR) is 79.6 cm³/mol. The Hall–Kier alpha value is -2.53. The molecule has 0 unspecified atom stereocenters. The lowest BCUT2D eigenvalue weighted by Gasteiger charge is -1.96. The van der Waals surface area contributed by atoms with E-state index in [4.69, 9.17) is 5.73 Å². The van der Waals surface area contributed by atoms with Crippen LogP contribution in [0.4, 0.5) is 5.82 Å². The highest BCUT2D eigenvalue weighted by molar-refractivity contribution is 7.17. The summed E-state index contributed by atoms with van der Waals surface area (Å²) in [6.45, 7) is 0. The molecule has 0 saturated carbocycles. The summed E-state index contributed by atoms with van der Waals surface area (Å²) in [5.74, 6) is 0.0623. The van der Waals surface area contributed by atoms with Crippen molar-refractivity contribution >= 4 is 22.9 Å². The fraction of sp³-hybridized carbons (Fsp3) is 0. The number of rotatable bonds is 3. The van der Waals surface area contributed by atoms with E-state index in [0.717, 1.165) is 10.6 Å². The average Bonchev–Trinajstić information content (AvgIpc) is 2.90. The van der Waals surface area contributed by atoms with Crippen LogP contribution in [0.1, 0.15) is 15.4 Å². The number of carbonyl (C=O) groups excluding carboxylic acids is 1. The number of carbonyl (C=O) groups is 1. The van der Waals surface area contributed by atoms with Crippen molar-refractivity contribution in [2.45, 2.75) is 0 Å². The molecule has 98 valence electrons. The van der Waals surface area contributed by atoms with E-state index in [-0.39, 0.29) is 11.6 Å². The van der Waals surface area contributed by atoms with E-state index in [2.05, 4.69) is 9.97 Å². The molecule has 4 nitrogen and oxygen atoms in total. The minimum atomic E-state index is -0.192. The van der Waals surface area contributed by atoms with Gasteiger partial charge in [0.15, 0.2) is 0 Å². The number of ketones is 1. The molecule has 0 aliphatic rings. The van der Waals surface area contributed by atoms with Gasteiger partial charge < -0.3 is 5.73 Å². The summed E-state index contributed by atoms with van der Waals surface area (Å²) in [6, 6.07) is 14.9. The van der Waals surface area contributed by atoms with Gasteiger partial charge in [0.05, 0.1) is 0 Å². The Bertz CT molecular complexity index is 738. The Morgan fingerprint density at radius 1 is 1.05 bits per heavy atom. The molecule has 0 fully saturated rings. The van der Waals surface area contributed by atoms with Crippen LogP contribution in [0.15, 0.2) is 54.7 Å². The van der Waals surface area contributed by atoms with Crippen LogP contribution in [-0.4, -0.2) is 15.8 Å². The maximum atomic E-state index is 12.3. The summed E-state index contributed by atoms with van der Waals surface area (Å²) in [5.41, 5.74) is 7.19. The van der Waals surface area contributed by atoms with Crippen LogP contribution in [-0.2, 0) is 0 Å². The first-order valence-corrected chi connectivity index (χ1v) is 6.85. The molecule has 0 spiro atoms. The fourth-order valence-electron chi connectivity index (χ4n) is 1.81. The number of benzene rings is 1. The molecular weight excluding hydrogens is 270 g/mol. The second-order valence-electron chi connectivity index (χ2n) is 4.14. The van der Waals surface area contributed by atoms with Crippen LogP contribution in [0.2, 0.25) is 0 Å². The van der Waals surface area contributed by atoms with E-state index in [1.54, 1.807) is 24.4 Å². The highest BCUT2D eigenvalue weighted by Gasteiger charge is 2.19. The van der Waals surface area contributed by atoms with Crippen molar-refractivity contribution in [3.8, 4) is 10.6 Å². The zero-order valence-corrected chi connectivity index (χ0v) is 11.3. The van der Waals surface area contributed by atoms with Crippen molar-refractivity contribution in [3.05, 3.63) is 65.3 Å². The first-order chi connectivity index (χ1) is 9.75. The molecule has 0 bridgehead atoms. The highest BCUT2D eigenvalue weighted by Crippen LogP contribution is 2.30. The van der Waals surface area contributed by atoms with Crippen molar-refractivity contribution < 1.29 is 4.79 Å². The lowest BCUT2D eigenvalue weighted by atomic mass is 10.2. The first-order valence-electron chi connectivity index (χ1n) is 6.03. The number of nitrogen functional groups attached to an aromatic ring is 1. The second kappa shape index (κ2) is 5.22. The smallest absolute Gasteiger partial charge is 0.225 e. The molecule has 2 aromatic heterocycles. The van der Waals surface area contributed by atoms with Gasteiger partial charge in [0.25, 0.3) is 0 Å². The quantitative estimate of drug-likeness (QED) is 0.749. The molecule has 0 saturated heterocycles. The maximum absolute atomic E-state index is 12.3. The van der Waals surface area contributed by atoms with Gasteiger partial charge in [-0.2, -0.15) is 0 Å². The van der Waals surface area contributed by atoms with Gasteiger partial charge in [-0.15, -0.1) is 11.3 Å². The SMILES string of the molecule is Nc1nc(-c2ccccc2)sc1C(=O)c1ccccn1. The Balaban J connectivity index is 2.00.